The predicted molar refractivity (Wildman–Crippen MR) is 79.8 cm³/mol. The maximum absolute atomic E-state index is 13.3. The molecule has 2 aromatic carbocycles. The van der Waals surface area contributed by atoms with Crippen molar-refractivity contribution in [1.82, 2.24) is 5.32 Å². The summed E-state index contributed by atoms with van der Waals surface area (Å²) in [5.41, 5.74) is 2.10. The van der Waals surface area contributed by atoms with Gasteiger partial charge in [0, 0.05) is 0 Å². The number of carbonyl (C=O) groups is 1. The van der Waals surface area contributed by atoms with E-state index in [1.165, 1.54) is 6.07 Å². The van der Waals surface area contributed by atoms with E-state index in [1.807, 2.05) is 31.2 Å². The molecule has 0 unspecified atom stereocenters. The van der Waals surface area contributed by atoms with Gasteiger partial charge >= 0.3 is 0 Å². The molecule has 2 rings (SSSR count). The van der Waals surface area contributed by atoms with E-state index in [1.54, 1.807) is 18.2 Å². The summed E-state index contributed by atoms with van der Waals surface area (Å²) in [6, 6.07) is 14.0. The quantitative estimate of drug-likeness (QED) is 0.830. The van der Waals surface area contributed by atoms with Crippen LogP contribution in [0.25, 0.3) is 0 Å². The van der Waals surface area contributed by atoms with Crippen molar-refractivity contribution in [3.63, 3.8) is 0 Å². The lowest BCUT2D eigenvalue weighted by atomic mass is 10.1. The van der Waals surface area contributed by atoms with Crippen molar-refractivity contribution in [2.24, 2.45) is 0 Å². The Hall–Kier alpha value is -2.36. The van der Waals surface area contributed by atoms with Crippen LogP contribution in [0.4, 0.5) is 4.39 Å². The molecule has 0 atom stereocenters. The van der Waals surface area contributed by atoms with E-state index >= 15 is 0 Å². The number of halogens is 1. The fraction of sp³-hybridized carbons (Fsp3) is 0.235. The minimum Gasteiger partial charge on any atom is -0.489 e. The highest BCUT2D eigenvalue weighted by atomic mass is 19.1. The summed E-state index contributed by atoms with van der Waals surface area (Å²) >= 11 is 0. The summed E-state index contributed by atoms with van der Waals surface area (Å²) in [5, 5.41) is 2.75. The van der Waals surface area contributed by atoms with E-state index < -0.39 is 5.82 Å². The topological polar surface area (TPSA) is 38.3 Å². The van der Waals surface area contributed by atoms with E-state index in [-0.39, 0.29) is 18.3 Å². The lowest BCUT2D eigenvalue weighted by Crippen LogP contribution is -2.29. The van der Waals surface area contributed by atoms with Crippen LogP contribution in [0.15, 0.2) is 48.5 Å². The molecule has 0 aliphatic heterocycles. The molecule has 21 heavy (non-hydrogen) atoms. The molecule has 0 aromatic heterocycles. The molecule has 4 heteroatoms. The molecule has 0 spiro atoms. The molecule has 0 saturated carbocycles. The van der Waals surface area contributed by atoms with Crippen molar-refractivity contribution < 1.29 is 13.9 Å². The third kappa shape index (κ3) is 4.91. The van der Waals surface area contributed by atoms with Gasteiger partial charge in [-0.2, -0.15) is 0 Å². The van der Waals surface area contributed by atoms with Gasteiger partial charge in [0.15, 0.2) is 11.6 Å². The van der Waals surface area contributed by atoms with Gasteiger partial charge in [-0.05, 0) is 24.6 Å². The number of carbonyl (C=O) groups excluding carboxylic acids is 1. The Morgan fingerprint density at radius 3 is 2.76 bits per heavy atom. The van der Waals surface area contributed by atoms with Crippen LogP contribution in [-0.2, 0) is 11.2 Å². The molecule has 1 N–H and O–H groups in total. The molecule has 0 fully saturated rings. The first-order chi connectivity index (χ1) is 10.1. The number of hydrogen-bond donors (Lipinski definition) is 1. The Morgan fingerprint density at radius 1 is 1.19 bits per heavy atom. The second-order valence-electron chi connectivity index (χ2n) is 4.79. The Bertz CT molecular complexity index is 613. The predicted octanol–water partition coefficient (Wildman–Crippen LogP) is 2.87. The van der Waals surface area contributed by atoms with Crippen LogP contribution in [0.5, 0.6) is 5.75 Å². The highest BCUT2D eigenvalue weighted by Crippen LogP contribution is 2.14. The van der Waals surface area contributed by atoms with Gasteiger partial charge in [0.1, 0.15) is 6.61 Å². The van der Waals surface area contributed by atoms with Gasteiger partial charge < -0.3 is 10.1 Å². The first-order valence-corrected chi connectivity index (χ1v) is 6.85. The van der Waals surface area contributed by atoms with Crippen molar-refractivity contribution in [2.45, 2.75) is 13.3 Å². The van der Waals surface area contributed by atoms with E-state index in [0.717, 1.165) is 11.1 Å². The van der Waals surface area contributed by atoms with Crippen LogP contribution >= 0.6 is 0 Å². The smallest absolute Gasteiger partial charge is 0.224 e. The summed E-state index contributed by atoms with van der Waals surface area (Å²) in [6.07, 6.45) is 0.335. The summed E-state index contributed by atoms with van der Waals surface area (Å²) < 4.78 is 18.6. The number of nitrogens with one attached hydrogen (secondary N) is 1. The van der Waals surface area contributed by atoms with Crippen molar-refractivity contribution in [3.8, 4) is 5.75 Å². The Kier molecular flexibility index (Phi) is 5.32. The Morgan fingerprint density at radius 2 is 2.00 bits per heavy atom. The fourth-order valence-corrected chi connectivity index (χ4v) is 1.98. The van der Waals surface area contributed by atoms with Crippen molar-refractivity contribution in [2.75, 3.05) is 13.2 Å². The number of aryl methyl sites for hydroxylation is 1. The normalized spacial score (nSPS) is 10.2. The summed E-state index contributed by atoms with van der Waals surface area (Å²) in [7, 11) is 0. The average Bonchev–Trinajstić information content (AvgIpc) is 2.45. The third-order valence-corrected chi connectivity index (χ3v) is 2.97. The van der Waals surface area contributed by atoms with Crippen LogP contribution in [0.3, 0.4) is 0 Å². The van der Waals surface area contributed by atoms with Crippen LogP contribution in [0.1, 0.15) is 11.1 Å². The zero-order chi connectivity index (χ0) is 15.1. The Balaban J connectivity index is 1.71. The monoisotopic (exact) mass is 287 g/mol. The fourth-order valence-electron chi connectivity index (χ4n) is 1.98. The molecule has 0 saturated heterocycles. The Labute approximate surface area is 123 Å². The lowest BCUT2D eigenvalue weighted by molar-refractivity contribution is -0.120. The maximum atomic E-state index is 13.3. The number of benzene rings is 2. The molecule has 2 aromatic rings. The highest BCUT2D eigenvalue weighted by molar-refractivity contribution is 5.78. The highest BCUT2D eigenvalue weighted by Gasteiger charge is 2.04. The molecular weight excluding hydrogens is 269 g/mol. The van der Waals surface area contributed by atoms with Crippen molar-refractivity contribution in [3.05, 3.63) is 65.5 Å². The molecule has 0 bridgehead atoms. The SMILES string of the molecule is Cc1cccc(CC(=O)NCCOc2ccccc2F)c1. The van der Waals surface area contributed by atoms with Gasteiger partial charge in [-0.15, -0.1) is 0 Å². The standard InChI is InChI=1S/C17H18FNO2/c1-13-5-4-6-14(11-13)12-17(20)19-9-10-21-16-8-3-2-7-15(16)18/h2-8,11H,9-10,12H2,1H3,(H,19,20). The first kappa shape index (κ1) is 15.0. The molecule has 3 nitrogen and oxygen atoms in total. The number of ether oxygens (including phenoxy) is 1. The van der Waals surface area contributed by atoms with E-state index in [9.17, 15) is 9.18 Å². The van der Waals surface area contributed by atoms with Crippen LogP contribution in [-0.4, -0.2) is 19.1 Å². The number of hydrogen-bond acceptors (Lipinski definition) is 2. The third-order valence-electron chi connectivity index (χ3n) is 2.97. The van der Waals surface area contributed by atoms with Gasteiger partial charge in [0.05, 0.1) is 13.0 Å². The molecule has 0 aliphatic rings. The van der Waals surface area contributed by atoms with Crippen LogP contribution < -0.4 is 10.1 Å². The zero-order valence-corrected chi connectivity index (χ0v) is 11.9. The summed E-state index contributed by atoms with van der Waals surface area (Å²) in [5.74, 6) is -0.272. The first-order valence-electron chi connectivity index (χ1n) is 6.85. The van der Waals surface area contributed by atoms with Gasteiger partial charge in [0.25, 0.3) is 0 Å². The minimum absolute atomic E-state index is 0.0715. The van der Waals surface area contributed by atoms with E-state index in [4.69, 9.17) is 4.74 Å². The minimum atomic E-state index is -0.399. The van der Waals surface area contributed by atoms with Gasteiger partial charge in [-0.1, -0.05) is 42.0 Å². The van der Waals surface area contributed by atoms with Crippen molar-refractivity contribution >= 4 is 5.91 Å². The van der Waals surface area contributed by atoms with E-state index in [2.05, 4.69) is 5.32 Å². The molecule has 0 radical (unpaired) electrons. The maximum Gasteiger partial charge on any atom is 0.224 e. The average molecular weight is 287 g/mol. The second kappa shape index (κ2) is 7.43. The van der Waals surface area contributed by atoms with Gasteiger partial charge in [-0.3, -0.25) is 4.79 Å². The van der Waals surface area contributed by atoms with Gasteiger partial charge in [0.2, 0.25) is 5.91 Å². The summed E-state index contributed by atoms with van der Waals surface area (Å²) in [6.45, 7) is 2.57. The summed E-state index contributed by atoms with van der Waals surface area (Å²) in [4.78, 5) is 11.8. The van der Waals surface area contributed by atoms with Crippen LogP contribution in [0.2, 0.25) is 0 Å². The zero-order valence-electron chi connectivity index (χ0n) is 11.9. The lowest BCUT2D eigenvalue weighted by Gasteiger charge is -2.08. The largest absolute Gasteiger partial charge is 0.489 e. The number of para-hydroxylation sites is 1. The number of rotatable bonds is 6. The van der Waals surface area contributed by atoms with Gasteiger partial charge in [-0.25, -0.2) is 4.39 Å². The molecule has 1 amide bonds. The molecule has 110 valence electrons. The number of amides is 1. The second-order valence-corrected chi connectivity index (χ2v) is 4.79. The van der Waals surface area contributed by atoms with E-state index in [0.29, 0.717) is 13.0 Å². The molecule has 0 aliphatic carbocycles. The molecular formula is C17H18FNO2. The van der Waals surface area contributed by atoms with Crippen LogP contribution in [0, 0.1) is 12.7 Å². The van der Waals surface area contributed by atoms with Crippen molar-refractivity contribution in [1.29, 1.82) is 0 Å². The molecule has 0 heterocycles.